The number of nitrogens with zero attached hydrogens (tertiary/aromatic N) is 1. The highest BCUT2D eigenvalue weighted by Gasteiger charge is 2.41. The molecule has 0 radical (unpaired) electrons. The summed E-state index contributed by atoms with van der Waals surface area (Å²) >= 11 is 11.9. The molecule has 130 valence electrons. The quantitative estimate of drug-likeness (QED) is 0.764. The highest BCUT2D eigenvalue weighted by molar-refractivity contribution is 7.91. The lowest BCUT2D eigenvalue weighted by molar-refractivity contribution is -0.927. The van der Waals surface area contributed by atoms with Crippen molar-refractivity contribution in [1.82, 2.24) is 4.90 Å². The van der Waals surface area contributed by atoms with Crippen LogP contribution in [0.2, 0.25) is 10.0 Å². The summed E-state index contributed by atoms with van der Waals surface area (Å²) in [6.45, 7) is 2.67. The van der Waals surface area contributed by atoms with Crippen LogP contribution in [-0.2, 0) is 9.84 Å². The number of fused-ring (bicyclic) bond motifs is 1. The molecule has 3 rings (SSSR count). The Morgan fingerprint density at radius 2 is 1.71 bits per heavy atom. The Kier molecular flexibility index (Phi) is 4.63. The molecule has 9 heteroatoms. The Labute approximate surface area is 150 Å². The van der Waals surface area contributed by atoms with Gasteiger partial charge in [0.2, 0.25) is 0 Å². The third kappa shape index (κ3) is 3.06. The lowest BCUT2D eigenvalue weighted by atomic mass is 10.1. The third-order valence-corrected chi connectivity index (χ3v) is 7.13. The van der Waals surface area contributed by atoms with Crippen molar-refractivity contribution in [2.24, 2.45) is 0 Å². The maximum absolute atomic E-state index is 12.5. The monoisotopic (exact) mass is 391 g/mol. The van der Waals surface area contributed by atoms with E-state index >= 15 is 0 Å². The lowest BCUT2D eigenvalue weighted by Gasteiger charge is -2.27. The van der Waals surface area contributed by atoms with Gasteiger partial charge in [-0.05, 0) is 19.1 Å². The number of hydrogen-bond acceptors (Lipinski definition) is 4. The molecule has 0 aromatic heterocycles. The number of carbonyl (C=O) groups excluding carboxylic acids is 2. The van der Waals surface area contributed by atoms with E-state index in [0.717, 1.165) is 9.80 Å². The van der Waals surface area contributed by atoms with Crippen molar-refractivity contribution in [2.75, 3.05) is 24.7 Å². The number of halogens is 2. The summed E-state index contributed by atoms with van der Waals surface area (Å²) in [5, 5.41) is 0.444. The van der Waals surface area contributed by atoms with Crippen LogP contribution in [0, 0.1) is 0 Å². The number of carbonyl (C=O) groups is 2. The second-order valence-electron chi connectivity index (χ2n) is 6.12. The van der Waals surface area contributed by atoms with Crippen molar-refractivity contribution in [3.63, 3.8) is 0 Å². The Balaban J connectivity index is 1.83. The van der Waals surface area contributed by atoms with Crippen molar-refractivity contribution < 1.29 is 22.9 Å². The molecule has 1 saturated heterocycles. The number of sulfone groups is 1. The Morgan fingerprint density at radius 1 is 1.17 bits per heavy atom. The average molecular weight is 392 g/mol. The molecule has 2 aliphatic heterocycles. The summed E-state index contributed by atoms with van der Waals surface area (Å²) in [5.74, 6) is -0.577. The van der Waals surface area contributed by atoms with Gasteiger partial charge in [-0.3, -0.25) is 9.59 Å². The van der Waals surface area contributed by atoms with Gasteiger partial charge in [0, 0.05) is 6.42 Å². The fourth-order valence-corrected chi connectivity index (χ4v) is 5.43. The molecule has 2 atom stereocenters. The van der Waals surface area contributed by atoms with Crippen LogP contribution in [0.1, 0.15) is 34.1 Å². The standard InChI is InChI=1S/C15H16Cl2N2O4S/c1-2-18(9-3-4-24(22,23)7-9)8-19-14(20)10-5-12(16)13(17)6-11(10)15(19)21/h5-6,9H,2-4,7-8H2,1H3/p+1/t9-/m1/s1. The Morgan fingerprint density at radius 3 is 2.12 bits per heavy atom. The van der Waals surface area contributed by atoms with E-state index in [2.05, 4.69) is 0 Å². The highest BCUT2D eigenvalue weighted by Crippen LogP contribution is 2.31. The molecule has 2 heterocycles. The molecule has 1 N–H and O–H groups in total. The lowest BCUT2D eigenvalue weighted by Crippen LogP contribution is -3.17. The van der Waals surface area contributed by atoms with E-state index in [9.17, 15) is 18.0 Å². The number of amides is 2. The van der Waals surface area contributed by atoms with Gasteiger partial charge in [0.05, 0.1) is 33.5 Å². The van der Waals surface area contributed by atoms with Crippen molar-refractivity contribution in [3.05, 3.63) is 33.3 Å². The van der Waals surface area contributed by atoms with E-state index in [1.807, 2.05) is 6.92 Å². The fourth-order valence-electron chi connectivity index (χ4n) is 3.28. The smallest absolute Gasteiger partial charge is 0.266 e. The molecule has 24 heavy (non-hydrogen) atoms. The number of hydrogen-bond donors (Lipinski definition) is 1. The molecule has 6 nitrogen and oxygen atoms in total. The normalized spacial score (nSPS) is 23.6. The van der Waals surface area contributed by atoms with Crippen molar-refractivity contribution in [1.29, 1.82) is 0 Å². The van der Waals surface area contributed by atoms with Gasteiger partial charge in [0.1, 0.15) is 11.8 Å². The number of benzene rings is 1. The summed E-state index contributed by atoms with van der Waals surface area (Å²) in [4.78, 5) is 27.1. The van der Waals surface area contributed by atoms with Crippen LogP contribution in [0.3, 0.4) is 0 Å². The molecule has 1 aromatic carbocycles. The van der Waals surface area contributed by atoms with Gasteiger partial charge < -0.3 is 4.90 Å². The largest absolute Gasteiger partial charge is 0.314 e. The van der Waals surface area contributed by atoms with Crippen molar-refractivity contribution in [3.8, 4) is 0 Å². The van der Waals surface area contributed by atoms with E-state index < -0.39 is 21.7 Å². The molecule has 2 aliphatic rings. The first kappa shape index (κ1) is 17.7. The molecule has 1 unspecified atom stereocenters. The molecule has 0 saturated carbocycles. The minimum absolute atomic E-state index is 0.0942. The average Bonchev–Trinajstić information content (AvgIpc) is 2.98. The molecule has 0 bridgehead atoms. The molecule has 0 aliphatic carbocycles. The summed E-state index contributed by atoms with van der Waals surface area (Å²) in [6.07, 6.45) is 0.548. The van der Waals surface area contributed by atoms with Gasteiger partial charge in [0.15, 0.2) is 16.5 Å². The first-order valence-electron chi connectivity index (χ1n) is 7.63. The second-order valence-corrected chi connectivity index (χ2v) is 9.16. The zero-order valence-corrected chi connectivity index (χ0v) is 15.3. The van der Waals surface area contributed by atoms with Crippen LogP contribution in [0.5, 0.6) is 0 Å². The second kappa shape index (κ2) is 6.29. The van der Waals surface area contributed by atoms with Crippen LogP contribution < -0.4 is 4.90 Å². The number of quaternary nitrogens is 1. The predicted molar refractivity (Wildman–Crippen MR) is 90.4 cm³/mol. The zero-order chi connectivity index (χ0) is 17.6. The van der Waals surface area contributed by atoms with E-state index in [1.165, 1.54) is 12.1 Å². The minimum atomic E-state index is -3.02. The van der Waals surface area contributed by atoms with Crippen LogP contribution >= 0.6 is 23.2 Å². The first-order valence-corrected chi connectivity index (χ1v) is 10.2. The van der Waals surface area contributed by atoms with Crippen molar-refractivity contribution in [2.45, 2.75) is 19.4 Å². The van der Waals surface area contributed by atoms with Gasteiger partial charge in [-0.15, -0.1) is 0 Å². The van der Waals surface area contributed by atoms with Crippen molar-refractivity contribution >= 4 is 44.9 Å². The molecular weight excluding hydrogens is 375 g/mol. The van der Waals surface area contributed by atoms with Crippen LogP contribution in [-0.4, -0.2) is 55.9 Å². The Hall–Kier alpha value is -1.15. The molecule has 1 aromatic rings. The van der Waals surface area contributed by atoms with E-state index in [0.29, 0.717) is 13.0 Å². The molecule has 0 spiro atoms. The van der Waals surface area contributed by atoms with Crippen LogP contribution in [0.4, 0.5) is 0 Å². The number of rotatable bonds is 4. The van der Waals surface area contributed by atoms with E-state index in [4.69, 9.17) is 23.2 Å². The zero-order valence-electron chi connectivity index (χ0n) is 13.0. The van der Waals surface area contributed by atoms with E-state index in [-0.39, 0.29) is 45.4 Å². The minimum Gasteiger partial charge on any atom is -0.314 e. The SMILES string of the molecule is CC[NH+](CN1C(=O)c2cc(Cl)c(Cl)cc2C1=O)[C@@H]1CCS(=O)(=O)C1. The van der Waals surface area contributed by atoms with Gasteiger partial charge in [0.25, 0.3) is 11.8 Å². The van der Waals surface area contributed by atoms with Crippen LogP contribution in [0.25, 0.3) is 0 Å². The summed E-state index contributed by atoms with van der Waals surface area (Å²) in [6, 6.07) is 2.72. The number of imide groups is 1. The number of nitrogens with one attached hydrogen (secondary N) is 1. The summed E-state index contributed by atoms with van der Waals surface area (Å²) < 4.78 is 23.4. The summed E-state index contributed by atoms with van der Waals surface area (Å²) in [5.41, 5.74) is 0.479. The highest BCUT2D eigenvalue weighted by atomic mass is 35.5. The van der Waals surface area contributed by atoms with Gasteiger partial charge in [-0.2, -0.15) is 0 Å². The molecular formula is C15H17Cl2N2O4S+. The van der Waals surface area contributed by atoms with E-state index in [1.54, 1.807) is 0 Å². The maximum Gasteiger partial charge on any atom is 0.266 e. The molecule has 1 fully saturated rings. The van der Waals surface area contributed by atoms with Gasteiger partial charge >= 0.3 is 0 Å². The summed E-state index contributed by atoms with van der Waals surface area (Å²) in [7, 11) is -3.02. The third-order valence-electron chi connectivity index (χ3n) is 4.64. The topological polar surface area (TPSA) is 76.0 Å². The Bertz CT molecular complexity index is 784. The van der Waals surface area contributed by atoms with Crippen LogP contribution in [0.15, 0.2) is 12.1 Å². The van der Waals surface area contributed by atoms with Gasteiger partial charge in [-0.1, -0.05) is 23.2 Å². The predicted octanol–water partition coefficient (Wildman–Crippen LogP) is 0.639. The maximum atomic E-state index is 12.5. The first-order chi connectivity index (χ1) is 11.2. The van der Waals surface area contributed by atoms with Gasteiger partial charge in [-0.25, -0.2) is 13.3 Å². The fraction of sp³-hybridized carbons (Fsp3) is 0.467. The molecule has 2 amide bonds.